The quantitative estimate of drug-likeness (QED) is 0.0546. The highest BCUT2D eigenvalue weighted by Gasteiger charge is 2.27. The van der Waals surface area contributed by atoms with Crippen LogP contribution in [0.4, 0.5) is 0 Å². The van der Waals surface area contributed by atoms with E-state index >= 15 is 0 Å². The summed E-state index contributed by atoms with van der Waals surface area (Å²) in [5.41, 5.74) is 5.22. The third kappa shape index (κ3) is 25.4. The van der Waals surface area contributed by atoms with Crippen molar-refractivity contribution < 1.29 is 47.5 Å². The fraction of sp³-hybridized carbons (Fsp3) is 0.893. The van der Waals surface area contributed by atoms with Gasteiger partial charge >= 0.3 is 25.7 Å². The Hall–Kier alpha value is -1.52. The van der Waals surface area contributed by atoms with Crippen molar-refractivity contribution in [3.05, 3.63) is 0 Å². The van der Waals surface area contributed by atoms with Crippen molar-refractivity contribution in [3.63, 3.8) is 0 Å². The lowest BCUT2D eigenvalue weighted by atomic mass is 10.0. The Balaban J connectivity index is 3.94. The van der Waals surface area contributed by atoms with Crippen molar-refractivity contribution in [2.45, 2.75) is 142 Å². The Morgan fingerprint density at radius 3 is 1.57 bits per heavy atom. The van der Waals surface area contributed by atoms with Crippen LogP contribution in [0.15, 0.2) is 0 Å². The fourth-order valence-corrected chi connectivity index (χ4v) is 4.80. The highest BCUT2D eigenvalue weighted by molar-refractivity contribution is 7.47. The van der Waals surface area contributed by atoms with E-state index in [1.807, 2.05) is 0 Å². The van der Waals surface area contributed by atoms with Gasteiger partial charge in [0, 0.05) is 13.3 Å². The minimum atomic E-state index is -4.66. The largest absolute Gasteiger partial charge is 0.480 e. The Bertz CT molecular complexity index is 721. The van der Waals surface area contributed by atoms with Crippen LogP contribution < -0.4 is 5.73 Å². The van der Waals surface area contributed by atoms with Gasteiger partial charge in [-0.2, -0.15) is 0 Å². The first-order valence-corrected chi connectivity index (χ1v) is 16.5. The predicted molar refractivity (Wildman–Crippen MR) is 153 cm³/mol. The molecule has 0 radical (unpaired) electrons. The molecule has 40 heavy (non-hydrogen) atoms. The number of unbranched alkanes of at least 4 members (excludes halogenated alkanes) is 16. The second-order valence-electron chi connectivity index (χ2n) is 10.3. The number of carbonyl (C=O) groups is 3. The molecule has 0 aromatic carbocycles. The summed E-state index contributed by atoms with van der Waals surface area (Å²) in [5.74, 6) is -2.57. The Kier molecular flexibility index (Phi) is 24.3. The van der Waals surface area contributed by atoms with Gasteiger partial charge in [0.25, 0.3) is 0 Å². The van der Waals surface area contributed by atoms with Gasteiger partial charge in [-0.25, -0.2) is 4.57 Å². The first kappa shape index (κ1) is 38.5. The van der Waals surface area contributed by atoms with Crippen molar-refractivity contribution in [1.29, 1.82) is 0 Å². The van der Waals surface area contributed by atoms with Crippen molar-refractivity contribution >= 4 is 25.7 Å². The van der Waals surface area contributed by atoms with E-state index in [-0.39, 0.29) is 13.0 Å². The number of nitrogens with two attached hydrogens (primary N) is 1. The molecule has 12 heteroatoms. The zero-order valence-corrected chi connectivity index (χ0v) is 25.6. The normalized spacial score (nSPS) is 14.3. The summed E-state index contributed by atoms with van der Waals surface area (Å²) < 4.78 is 31.3. The van der Waals surface area contributed by atoms with Crippen LogP contribution in [0.1, 0.15) is 129 Å². The molecule has 0 aliphatic carbocycles. The predicted octanol–water partition coefficient (Wildman–Crippen LogP) is 6.05. The topological polar surface area (TPSA) is 172 Å². The smallest absolute Gasteiger partial charge is 0.472 e. The summed E-state index contributed by atoms with van der Waals surface area (Å²) in [7, 11) is -4.66. The lowest BCUT2D eigenvalue weighted by molar-refractivity contribution is -0.160. The Morgan fingerprint density at radius 2 is 1.15 bits per heavy atom. The molecular weight excluding hydrogens is 541 g/mol. The third-order valence-electron chi connectivity index (χ3n) is 6.41. The fourth-order valence-electron chi connectivity index (χ4n) is 4.03. The molecule has 0 aliphatic rings. The van der Waals surface area contributed by atoms with Crippen molar-refractivity contribution in [2.75, 3.05) is 19.8 Å². The van der Waals surface area contributed by atoms with Crippen LogP contribution in [0.3, 0.4) is 0 Å². The van der Waals surface area contributed by atoms with E-state index in [1.165, 1.54) is 90.4 Å². The van der Waals surface area contributed by atoms with E-state index in [9.17, 15) is 23.8 Å². The number of carboxylic acids is 1. The van der Waals surface area contributed by atoms with Crippen LogP contribution in [0.25, 0.3) is 0 Å². The molecule has 0 bridgehead atoms. The Labute approximate surface area is 240 Å². The molecule has 0 heterocycles. The number of aliphatic carboxylic acids is 1. The number of ether oxygens (including phenoxy) is 2. The van der Waals surface area contributed by atoms with Crippen molar-refractivity contribution in [3.8, 4) is 0 Å². The SMILES string of the molecule is CCCCCCCCCCCCCCCCCCCC(=O)OC(COC(C)=O)COP(=O)(O)OCC(N)C(=O)O. The number of hydrogen-bond acceptors (Lipinski definition) is 9. The van der Waals surface area contributed by atoms with Gasteiger partial charge in [0.05, 0.1) is 13.2 Å². The summed E-state index contributed by atoms with van der Waals surface area (Å²) in [4.78, 5) is 43.7. The van der Waals surface area contributed by atoms with E-state index in [0.717, 1.165) is 19.3 Å². The maximum absolute atomic E-state index is 12.2. The minimum Gasteiger partial charge on any atom is -0.480 e. The van der Waals surface area contributed by atoms with Crippen LogP contribution in [0.2, 0.25) is 0 Å². The van der Waals surface area contributed by atoms with Crippen LogP contribution in [-0.4, -0.2) is 59.9 Å². The standard InChI is InChI=1S/C28H54NO10P/c1-3-4-5-6-7-8-9-10-11-12-13-14-15-16-17-18-19-20-27(31)39-25(21-36-24(2)30)22-37-40(34,35)38-23-26(29)28(32)33/h25-26H,3-23,29H2,1-2H3,(H,32,33)(H,34,35). The monoisotopic (exact) mass is 595 g/mol. The minimum absolute atomic E-state index is 0.163. The van der Waals surface area contributed by atoms with Gasteiger partial charge in [0.15, 0.2) is 6.10 Å². The number of phosphoric ester groups is 1. The van der Waals surface area contributed by atoms with Gasteiger partial charge in [-0.15, -0.1) is 0 Å². The van der Waals surface area contributed by atoms with E-state index in [2.05, 4.69) is 11.4 Å². The lowest BCUT2D eigenvalue weighted by Crippen LogP contribution is -2.34. The molecular formula is C28H54NO10P. The maximum atomic E-state index is 12.2. The first-order chi connectivity index (χ1) is 19.1. The van der Waals surface area contributed by atoms with Crippen LogP contribution in [0.5, 0.6) is 0 Å². The summed E-state index contributed by atoms with van der Waals surface area (Å²) in [6.07, 6.45) is 20.1. The van der Waals surface area contributed by atoms with Gasteiger partial charge in [-0.05, 0) is 6.42 Å². The lowest BCUT2D eigenvalue weighted by Gasteiger charge is -2.20. The average Bonchev–Trinajstić information content (AvgIpc) is 2.90. The summed E-state index contributed by atoms with van der Waals surface area (Å²) >= 11 is 0. The molecule has 3 atom stereocenters. The van der Waals surface area contributed by atoms with Gasteiger partial charge in [-0.1, -0.05) is 110 Å². The Morgan fingerprint density at radius 1 is 0.725 bits per heavy atom. The van der Waals surface area contributed by atoms with Gasteiger partial charge < -0.3 is 25.2 Å². The van der Waals surface area contributed by atoms with E-state index in [1.54, 1.807) is 0 Å². The molecule has 0 saturated heterocycles. The summed E-state index contributed by atoms with van der Waals surface area (Å²) in [5, 5.41) is 8.71. The second-order valence-corrected chi connectivity index (χ2v) is 11.8. The van der Waals surface area contributed by atoms with Gasteiger partial charge in [-0.3, -0.25) is 23.4 Å². The molecule has 3 unspecified atom stereocenters. The number of carboxylic acid groups (broad SMARTS) is 1. The first-order valence-electron chi connectivity index (χ1n) is 15.0. The molecule has 0 aromatic heterocycles. The zero-order valence-electron chi connectivity index (χ0n) is 24.7. The number of carbonyl (C=O) groups excluding carboxylic acids is 2. The number of rotatable bonds is 28. The number of esters is 2. The molecule has 0 rings (SSSR count). The summed E-state index contributed by atoms with van der Waals surface area (Å²) in [6, 6.07) is -1.51. The van der Waals surface area contributed by atoms with Crippen molar-refractivity contribution in [2.24, 2.45) is 5.73 Å². The summed E-state index contributed by atoms with van der Waals surface area (Å²) in [6.45, 7) is 1.71. The average molecular weight is 596 g/mol. The number of phosphoric acid groups is 1. The van der Waals surface area contributed by atoms with E-state index < -0.39 is 51.1 Å². The van der Waals surface area contributed by atoms with Gasteiger partial charge in [0.2, 0.25) is 0 Å². The molecule has 0 amide bonds. The van der Waals surface area contributed by atoms with E-state index in [4.69, 9.17) is 24.8 Å². The highest BCUT2D eigenvalue weighted by Crippen LogP contribution is 2.43. The highest BCUT2D eigenvalue weighted by atomic mass is 31.2. The van der Waals surface area contributed by atoms with Crippen molar-refractivity contribution in [1.82, 2.24) is 0 Å². The molecule has 0 aromatic rings. The molecule has 0 saturated carbocycles. The third-order valence-corrected chi connectivity index (χ3v) is 7.36. The molecule has 0 spiro atoms. The molecule has 4 N–H and O–H groups in total. The number of hydrogen-bond donors (Lipinski definition) is 3. The second kappa shape index (κ2) is 25.2. The van der Waals surface area contributed by atoms with Gasteiger partial charge in [0.1, 0.15) is 12.6 Å². The molecule has 0 aliphatic heterocycles. The molecule has 11 nitrogen and oxygen atoms in total. The van der Waals surface area contributed by atoms with Crippen LogP contribution >= 0.6 is 7.82 Å². The van der Waals surface area contributed by atoms with Crippen LogP contribution in [0, 0.1) is 0 Å². The van der Waals surface area contributed by atoms with Crippen LogP contribution in [-0.2, 0) is 37.5 Å². The molecule has 0 fully saturated rings. The van der Waals surface area contributed by atoms with E-state index in [0.29, 0.717) is 6.42 Å². The maximum Gasteiger partial charge on any atom is 0.472 e. The molecule has 236 valence electrons. The zero-order chi connectivity index (χ0) is 30.1.